The zero-order chi connectivity index (χ0) is 31.2. The Balaban J connectivity index is 1.49. The standard InChI is InChI=1S/C34H54FN5O3/c1-24(2)21-28-23-40(20-17-36-28)32(43)37-29(22-25-11-13-27(35)14-12-25)30(41)39-18-15-34(16-19-39,26-9-7-6-8-10-26)31(42)38-33(3,4)5/h11-14,24,26,28-29,36H,6-10,15-23H2,1-5H3,(H,37,43)(H,38,42)/t28-,29+/m0/s1. The molecule has 2 saturated heterocycles. The fourth-order valence-electron chi connectivity index (χ4n) is 7.32. The molecule has 0 bridgehead atoms. The monoisotopic (exact) mass is 599 g/mol. The predicted octanol–water partition coefficient (Wildman–Crippen LogP) is 4.87. The van der Waals surface area contributed by atoms with Gasteiger partial charge in [-0.3, -0.25) is 9.59 Å². The van der Waals surface area contributed by atoms with Crippen LogP contribution in [0.1, 0.15) is 91.5 Å². The Labute approximate surface area is 257 Å². The highest BCUT2D eigenvalue weighted by Crippen LogP contribution is 2.46. The van der Waals surface area contributed by atoms with Crippen LogP contribution in [-0.2, 0) is 16.0 Å². The van der Waals surface area contributed by atoms with Gasteiger partial charge in [0.1, 0.15) is 11.9 Å². The third kappa shape index (κ3) is 8.93. The molecule has 3 N–H and O–H groups in total. The van der Waals surface area contributed by atoms with Gasteiger partial charge in [-0.2, -0.15) is 0 Å². The van der Waals surface area contributed by atoms with Crippen molar-refractivity contribution in [3.63, 3.8) is 0 Å². The largest absolute Gasteiger partial charge is 0.351 e. The Kier molecular flexibility index (Phi) is 11.1. The molecule has 0 aromatic heterocycles. The van der Waals surface area contributed by atoms with Crippen molar-refractivity contribution in [3.05, 3.63) is 35.6 Å². The van der Waals surface area contributed by atoms with E-state index in [1.165, 1.54) is 18.6 Å². The number of carbonyl (C=O) groups excluding carboxylic acids is 3. The molecule has 3 fully saturated rings. The van der Waals surface area contributed by atoms with Crippen LogP contribution in [0, 0.1) is 23.1 Å². The van der Waals surface area contributed by atoms with Crippen LogP contribution in [0.25, 0.3) is 0 Å². The molecule has 1 aliphatic carbocycles. The van der Waals surface area contributed by atoms with Crippen molar-refractivity contribution in [3.8, 4) is 0 Å². The molecule has 1 aromatic carbocycles. The van der Waals surface area contributed by atoms with Crippen LogP contribution in [0.15, 0.2) is 24.3 Å². The van der Waals surface area contributed by atoms with Gasteiger partial charge in [0.25, 0.3) is 0 Å². The molecule has 1 aromatic rings. The summed E-state index contributed by atoms with van der Waals surface area (Å²) in [6.07, 6.45) is 8.11. The first-order chi connectivity index (χ1) is 20.4. The normalized spacial score (nSPS) is 22.3. The number of carbonyl (C=O) groups is 3. The number of nitrogens with zero attached hydrogens (tertiary/aromatic N) is 2. The second-order valence-corrected chi connectivity index (χ2v) is 14.6. The number of benzene rings is 1. The minimum Gasteiger partial charge on any atom is -0.351 e. The van der Waals surface area contributed by atoms with Crippen LogP contribution in [0.3, 0.4) is 0 Å². The summed E-state index contributed by atoms with van der Waals surface area (Å²) < 4.78 is 13.7. The molecule has 0 spiro atoms. The Morgan fingerprint density at radius 3 is 2.26 bits per heavy atom. The molecular weight excluding hydrogens is 545 g/mol. The smallest absolute Gasteiger partial charge is 0.318 e. The van der Waals surface area contributed by atoms with E-state index < -0.39 is 11.5 Å². The SMILES string of the molecule is CC(C)C[C@H]1CN(C(=O)N[C@H](Cc2ccc(F)cc2)C(=O)N2CCC(C(=O)NC(C)(C)C)(C3CCCCC3)CC2)CCN1. The lowest BCUT2D eigenvalue weighted by Gasteiger charge is -2.48. The number of amides is 4. The van der Waals surface area contributed by atoms with Crippen molar-refractivity contribution in [2.45, 2.75) is 110 Å². The van der Waals surface area contributed by atoms with E-state index in [9.17, 15) is 18.8 Å². The van der Waals surface area contributed by atoms with E-state index >= 15 is 0 Å². The fourth-order valence-corrected chi connectivity index (χ4v) is 7.32. The van der Waals surface area contributed by atoms with Crippen molar-refractivity contribution in [1.82, 2.24) is 25.8 Å². The van der Waals surface area contributed by atoms with Crippen LogP contribution in [0.2, 0.25) is 0 Å². The number of rotatable bonds is 8. The van der Waals surface area contributed by atoms with Crippen LogP contribution in [0.5, 0.6) is 0 Å². The average Bonchev–Trinajstić information content (AvgIpc) is 2.97. The number of piperazine rings is 1. The Morgan fingerprint density at radius 1 is 1.00 bits per heavy atom. The van der Waals surface area contributed by atoms with Crippen molar-refractivity contribution in [1.29, 1.82) is 0 Å². The third-order valence-corrected chi connectivity index (χ3v) is 9.54. The molecule has 2 heterocycles. The van der Waals surface area contributed by atoms with Crippen LogP contribution < -0.4 is 16.0 Å². The minimum absolute atomic E-state index is 0.116. The summed E-state index contributed by atoms with van der Waals surface area (Å²) in [5, 5.41) is 9.82. The van der Waals surface area contributed by atoms with Crippen LogP contribution in [-0.4, -0.2) is 78.0 Å². The maximum absolute atomic E-state index is 14.1. The zero-order valence-electron chi connectivity index (χ0n) is 27.0. The topological polar surface area (TPSA) is 93.8 Å². The summed E-state index contributed by atoms with van der Waals surface area (Å²) in [5.74, 6) is 0.474. The zero-order valence-corrected chi connectivity index (χ0v) is 27.0. The summed E-state index contributed by atoms with van der Waals surface area (Å²) in [6.45, 7) is 13.2. The van der Waals surface area contributed by atoms with Crippen molar-refractivity contribution in [2.75, 3.05) is 32.7 Å². The molecule has 0 unspecified atom stereocenters. The van der Waals surface area contributed by atoms with E-state index in [4.69, 9.17) is 0 Å². The van der Waals surface area contributed by atoms with Gasteiger partial charge in [-0.05, 0) is 82.4 Å². The van der Waals surface area contributed by atoms with Crippen molar-refractivity contribution < 1.29 is 18.8 Å². The first kappa shape index (κ1) is 33.2. The lowest BCUT2D eigenvalue weighted by Crippen LogP contribution is -2.61. The minimum atomic E-state index is -0.776. The third-order valence-electron chi connectivity index (χ3n) is 9.54. The lowest BCUT2D eigenvalue weighted by atomic mass is 9.63. The summed E-state index contributed by atoms with van der Waals surface area (Å²) in [5.41, 5.74) is -0.0167. The number of nitrogens with one attached hydrogen (secondary N) is 3. The van der Waals surface area contributed by atoms with Gasteiger partial charge in [0.2, 0.25) is 11.8 Å². The van der Waals surface area contributed by atoms with Crippen molar-refractivity contribution >= 4 is 17.8 Å². The average molecular weight is 600 g/mol. The first-order valence-electron chi connectivity index (χ1n) is 16.5. The van der Waals surface area contributed by atoms with Gasteiger partial charge in [0.15, 0.2) is 0 Å². The highest BCUT2D eigenvalue weighted by molar-refractivity contribution is 5.88. The molecule has 2 aliphatic heterocycles. The Bertz CT molecular complexity index is 1090. The number of likely N-dealkylation sites (tertiary alicyclic amines) is 1. The van der Waals surface area contributed by atoms with Gasteiger partial charge in [-0.1, -0.05) is 45.2 Å². The molecule has 9 heteroatoms. The number of hydrogen-bond donors (Lipinski definition) is 3. The highest BCUT2D eigenvalue weighted by atomic mass is 19.1. The maximum atomic E-state index is 14.1. The number of halogens is 1. The predicted molar refractivity (Wildman–Crippen MR) is 168 cm³/mol. The van der Waals surface area contributed by atoms with Crippen molar-refractivity contribution in [2.24, 2.45) is 17.3 Å². The van der Waals surface area contributed by atoms with E-state index in [2.05, 4.69) is 29.8 Å². The number of piperidine rings is 1. The molecule has 43 heavy (non-hydrogen) atoms. The first-order valence-corrected chi connectivity index (χ1v) is 16.5. The van der Waals surface area contributed by atoms with Gasteiger partial charge < -0.3 is 25.8 Å². The summed E-state index contributed by atoms with van der Waals surface area (Å²) in [7, 11) is 0. The van der Waals surface area contributed by atoms with Gasteiger partial charge in [-0.25, -0.2) is 9.18 Å². The molecule has 4 rings (SSSR count). The van der Waals surface area contributed by atoms with Gasteiger partial charge >= 0.3 is 6.03 Å². The quantitative estimate of drug-likeness (QED) is 0.398. The Hall–Kier alpha value is -2.68. The number of hydrogen-bond acceptors (Lipinski definition) is 4. The van der Waals surface area contributed by atoms with Gasteiger partial charge in [-0.15, -0.1) is 0 Å². The molecule has 240 valence electrons. The second-order valence-electron chi connectivity index (χ2n) is 14.6. The van der Waals surface area contributed by atoms with Crippen LogP contribution >= 0.6 is 0 Å². The lowest BCUT2D eigenvalue weighted by molar-refractivity contribution is -0.147. The van der Waals surface area contributed by atoms with E-state index in [1.807, 2.05) is 25.7 Å². The van der Waals surface area contributed by atoms with E-state index in [-0.39, 0.29) is 41.7 Å². The van der Waals surface area contributed by atoms with Gasteiger partial charge in [0.05, 0.1) is 5.41 Å². The maximum Gasteiger partial charge on any atom is 0.318 e. The van der Waals surface area contributed by atoms with E-state index in [0.29, 0.717) is 57.4 Å². The van der Waals surface area contributed by atoms with Crippen LogP contribution in [0.4, 0.5) is 9.18 Å². The molecule has 8 nitrogen and oxygen atoms in total. The molecular formula is C34H54FN5O3. The molecule has 2 atom stereocenters. The second kappa shape index (κ2) is 14.4. The van der Waals surface area contributed by atoms with Gasteiger partial charge in [0, 0.05) is 50.7 Å². The van der Waals surface area contributed by atoms with E-state index in [1.54, 1.807) is 17.0 Å². The Morgan fingerprint density at radius 2 is 1.65 bits per heavy atom. The molecule has 3 aliphatic rings. The number of urea groups is 1. The molecule has 1 saturated carbocycles. The summed E-state index contributed by atoms with van der Waals surface area (Å²) in [6, 6.07) is 5.33. The molecule has 4 amide bonds. The highest BCUT2D eigenvalue weighted by Gasteiger charge is 2.49. The van der Waals surface area contributed by atoms with E-state index in [0.717, 1.165) is 37.7 Å². The summed E-state index contributed by atoms with van der Waals surface area (Å²) >= 11 is 0. The molecule has 0 radical (unpaired) electrons. The summed E-state index contributed by atoms with van der Waals surface area (Å²) in [4.78, 5) is 45.0. The fraction of sp³-hybridized carbons (Fsp3) is 0.735.